The maximum atomic E-state index is 12.3. The van der Waals surface area contributed by atoms with E-state index in [1.165, 1.54) is 16.0 Å². The van der Waals surface area contributed by atoms with Crippen LogP contribution < -0.4 is 10.5 Å². The quantitative estimate of drug-likeness (QED) is 0.601. The number of rotatable bonds is 4. The average Bonchev–Trinajstić information content (AvgIpc) is 2.96. The summed E-state index contributed by atoms with van der Waals surface area (Å²) in [5.74, 6) is 0.675. The zero-order chi connectivity index (χ0) is 17.4. The Morgan fingerprint density at radius 1 is 1.08 bits per heavy atom. The molecule has 0 aliphatic carbocycles. The van der Waals surface area contributed by atoms with E-state index in [4.69, 9.17) is 4.42 Å². The molecule has 0 saturated carbocycles. The molecule has 4 rings (SSSR count). The summed E-state index contributed by atoms with van der Waals surface area (Å²) < 4.78 is 5.64. The number of furan rings is 1. The number of aromatic nitrogens is 2. The Labute approximate surface area is 144 Å². The highest BCUT2D eigenvalue weighted by atomic mass is 16.3. The molecule has 0 bridgehead atoms. The maximum Gasteiger partial charge on any atom is 0.294 e. The van der Waals surface area contributed by atoms with Crippen molar-refractivity contribution < 1.29 is 9.32 Å². The molecule has 5 nitrogen and oxygen atoms in total. The van der Waals surface area contributed by atoms with Crippen LogP contribution in [0.3, 0.4) is 0 Å². The summed E-state index contributed by atoms with van der Waals surface area (Å²) in [6.45, 7) is 3.59. The SMILES string of the molecule is Cc1ccc(C[NH+](C)Cc2nc3c(oc4ccccc43)c(=O)[nH]2)cc1. The number of fused-ring (bicyclic) bond motifs is 3. The number of aromatic amines is 1. The molecule has 1 atom stereocenters. The predicted octanol–water partition coefficient (Wildman–Crippen LogP) is 2.19. The number of benzene rings is 2. The second-order valence-electron chi connectivity index (χ2n) is 6.58. The van der Waals surface area contributed by atoms with Gasteiger partial charge in [0.2, 0.25) is 5.58 Å². The number of nitrogens with one attached hydrogen (secondary N) is 2. The largest absolute Gasteiger partial charge is 0.449 e. The van der Waals surface area contributed by atoms with Gasteiger partial charge in [-0.15, -0.1) is 0 Å². The number of hydrogen-bond acceptors (Lipinski definition) is 3. The van der Waals surface area contributed by atoms with Crippen LogP contribution in [0.2, 0.25) is 0 Å². The van der Waals surface area contributed by atoms with E-state index in [0.717, 1.165) is 11.9 Å². The molecule has 0 fully saturated rings. The van der Waals surface area contributed by atoms with Gasteiger partial charge in [0.25, 0.3) is 5.56 Å². The summed E-state index contributed by atoms with van der Waals surface area (Å²) in [4.78, 5) is 21.1. The van der Waals surface area contributed by atoms with Crippen molar-refractivity contribution in [1.29, 1.82) is 0 Å². The van der Waals surface area contributed by atoms with E-state index in [0.29, 0.717) is 29.1 Å². The van der Waals surface area contributed by atoms with Gasteiger partial charge in [-0.25, -0.2) is 4.98 Å². The van der Waals surface area contributed by atoms with E-state index in [-0.39, 0.29) is 5.56 Å². The Morgan fingerprint density at radius 2 is 1.84 bits per heavy atom. The minimum Gasteiger partial charge on any atom is -0.449 e. The smallest absolute Gasteiger partial charge is 0.294 e. The molecule has 2 N–H and O–H groups in total. The van der Waals surface area contributed by atoms with Crippen LogP contribution in [-0.2, 0) is 13.1 Å². The van der Waals surface area contributed by atoms with E-state index < -0.39 is 0 Å². The van der Waals surface area contributed by atoms with Gasteiger partial charge in [-0.3, -0.25) is 4.79 Å². The van der Waals surface area contributed by atoms with Crippen molar-refractivity contribution in [3.63, 3.8) is 0 Å². The fourth-order valence-corrected chi connectivity index (χ4v) is 3.13. The monoisotopic (exact) mass is 334 g/mol. The van der Waals surface area contributed by atoms with Gasteiger partial charge in [-0.05, 0) is 19.1 Å². The molecule has 5 heteroatoms. The molecule has 2 aromatic carbocycles. The van der Waals surface area contributed by atoms with Crippen LogP contribution in [0.25, 0.3) is 22.1 Å². The molecule has 25 heavy (non-hydrogen) atoms. The highest BCUT2D eigenvalue weighted by molar-refractivity contribution is 6.01. The molecule has 0 aliphatic heterocycles. The van der Waals surface area contributed by atoms with Crippen LogP contribution in [0.15, 0.2) is 57.7 Å². The van der Waals surface area contributed by atoms with Crippen LogP contribution in [0.1, 0.15) is 17.0 Å². The molecule has 0 spiro atoms. The highest BCUT2D eigenvalue weighted by Crippen LogP contribution is 2.24. The number of para-hydroxylation sites is 1. The normalized spacial score (nSPS) is 12.7. The molecular formula is C20H20N3O2+. The van der Waals surface area contributed by atoms with Crippen LogP contribution in [0, 0.1) is 6.92 Å². The van der Waals surface area contributed by atoms with Gasteiger partial charge in [0.15, 0.2) is 5.82 Å². The third-order valence-corrected chi connectivity index (χ3v) is 4.38. The van der Waals surface area contributed by atoms with E-state index >= 15 is 0 Å². The van der Waals surface area contributed by atoms with Crippen molar-refractivity contribution in [2.24, 2.45) is 0 Å². The molecule has 0 radical (unpaired) electrons. The summed E-state index contributed by atoms with van der Waals surface area (Å²) in [6.07, 6.45) is 0. The topological polar surface area (TPSA) is 63.3 Å². The van der Waals surface area contributed by atoms with Crippen molar-refractivity contribution >= 4 is 22.1 Å². The third kappa shape index (κ3) is 3.06. The second-order valence-corrected chi connectivity index (χ2v) is 6.58. The molecule has 0 saturated heterocycles. The summed E-state index contributed by atoms with van der Waals surface area (Å²) in [6, 6.07) is 16.1. The lowest BCUT2D eigenvalue weighted by molar-refractivity contribution is -0.908. The summed E-state index contributed by atoms with van der Waals surface area (Å²) >= 11 is 0. The van der Waals surface area contributed by atoms with Gasteiger partial charge in [0, 0.05) is 10.9 Å². The summed E-state index contributed by atoms with van der Waals surface area (Å²) in [5, 5.41) is 0.876. The number of hydrogen-bond donors (Lipinski definition) is 2. The van der Waals surface area contributed by atoms with Crippen LogP contribution in [0.5, 0.6) is 0 Å². The Morgan fingerprint density at radius 3 is 2.64 bits per heavy atom. The minimum atomic E-state index is -0.223. The summed E-state index contributed by atoms with van der Waals surface area (Å²) in [5.41, 5.74) is 3.91. The van der Waals surface area contributed by atoms with Crippen molar-refractivity contribution in [3.05, 3.63) is 75.8 Å². The van der Waals surface area contributed by atoms with Crippen LogP contribution in [-0.4, -0.2) is 17.0 Å². The first-order chi connectivity index (χ1) is 12.1. The molecule has 126 valence electrons. The van der Waals surface area contributed by atoms with Gasteiger partial charge >= 0.3 is 0 Å². The highest BCUT2D eigenvalue weighted by Gasteiger charge is 2.15. The average molecular weight is 334 g/mol. The number of aryl methyl sites for hydroxylation is 1. The fraction of sp³-hybridized carbons (Fsp3) is 0.200. The first-order valence-electron chi connectivity index (χ1n) is 8.37. The van der Waals surface area contributed by atoms with Gasteiger partial charge in [0.1, 0.15) is 24.2 Å². The third-order valence-electron chi connectivity index (χ3n) is 4.38. The standard InChI is InChI=1S/C20H19N3O2/c1-13-7-9-14(10-8-13)11-23(2)12-17-21-18-15-5-3-4-6-16(15)25-19(18)20(24)22-17/h3-10H,11-12H2,1-2H3,(H,21,22,24)/p+1. The zero-order valence-electron chi connectivity index (χ0n) is 14.3. The molecule has 2 heterocycles. The molecular weight excluding hydrogens is 314 g/mol. The van der Waals surface area contributed by atoms with E-state index in [1.54, 1.807) is 0 Å². The summed E-state index contributed by atoms with van der Waals surface area (Å²) in [7, 11) is 2.09. The van der Waals surface area contributed by atoms with Crippen molar-refractivity contribution in [2.45, 2.75) is 20.0 Å². The van der Waals surface area contributed by atoms with E-state index in [1.807, 2.05) is 24.3 Å². The minimum absolute atomic E-state index is 0.223. The second kappa shape index (κ2) is 6.18. The van der Waals surface area contributed by atoms with Gasteiger partial charge < -0.3 is 14.3 Å². The van der Waals surface area contributed by atoms with Crippen LogP contribution in [0.4, 0.5) is 0 Å². The first-order valence-corrected chi connectivity index (χ1v) is 8.37. The fourth-order valence-electron chi connectivity index (χ4n) is 3.13. The first kappa shape index (κ1) is 15.6. The lowest BCUT2D eigenvalue weighted by Crippen LogP contribution is -3.06. The predicted molar refractivity (Wildman–Crippen MR) is 97.6 cm³/mol. The maximum absolute atomic E-state index is 12.3. The Bertz CT molecular complexity index is 1090. The van der Waals surface area contributed by atoms with Crippen LogP contribution >= 0.6 is 0 Å². The van der Waals surface area contributed by atoms with Crippen molar-refractivity contribution in [1.82, 2.24) is 9.97 Å². The van der Waals surface area contributed by atoms with Gasteiger partial charge in [0.05, 0.1) is 7.05 Å². The Kier molecular flexibility index (Phi) is 3.86. The Hall–Kier alpha value is -2.92. The molecule has 0 aliphatic rings. The number of H-pyrrole nitrogens is 1. The van der Waals surface area contributed by atoms with Gasteiger partial charge in [-0.1, -0.05) is 42.0 Å². The lowest BCUT2D eigenvalue weighted by Gasteiger charge is -2.13. The number of quaternary nitrogens is 1. The Balaban J connectivity index is 1.63. The van der Waals surface area contributed by atoms with Gasteiger partial charge in [-0.2, -0.15) is 0 Å². The molecule has 1 unspecified atom stereocenters. The zero-order valence-corrected chi connectivity index (χ0v) is 14.3. The van der Waals surface area contributed by atoms with E-state index in [2.05, 4.69) is 48.2 Å². The van der Waals surface area contributed by atoms with E-state index in [9.17, 15) is 4.79 Å². The molecule has 2 aromatic heterocycles. The molecule has 0 amide bonds. The number of nitrogens with zero attached hydrogens (tertiary/aromatic N) is 1. The van der Waals surface area contributed by atoms with Crippen molar-refractivity contribution in [2.75, 3.05) is 7.05 Å². The van der Waals surface area contributed by atoms with Crippen molar-refractivity contribution in [3.8, 4) is 0 Å². The lowest BCUT2D eigenvalue weighted by atomic mass is 10.1. The molecule has 4 aromatic rings.